The molecule has 2 aromatic carbocycles. The van der Waals surface area contributed by atoms with Crippen molar-refractivity contribution in [2.24, 2.45) is 0 Å². The first-order valence-electron chi connectivity index (χ1n) is 10.8. The van der Waals surface area contributed by atoms with Crippen molar-refractivity contribution in [2.45, 2.75) is 13.8 Å². The number of halogens is 1. The van der Waals surface area contributed by atoms with Crippen molar-refractivity contribution in [3.8, 4) is 17.2 Å². The molecular weight excluding hydrogens is 536 g/mol. The van der Waals surface area contributed by atoms with Crippen molar-refractivity contribution >= 4 is 56.5 Å². The molecule has 10 heteroatoms. The summed E-state index contributed by atoms with van der Waals surface area (Å²) in [6.07, 6.45) is 3.21. The summed E-state index contributed by atoms with van der Waals surface area (Å²) in [5, 5.41) is 2.16. The van der Waals surface area contributed by atoms with E-state index >= 15 is 0 Å². The maximum atomic E-state index is 12.9. The number of hydrogen-bond donors (Lipinski definition) is 1. The van der Waals surface area contributed by atoms with Crippen molar-refractivity contribution < 1.29 is 28.6 Å². The topological polar surface area (TPSA) is 94.2 Å². The van der Waals surface area contributed by atoms with Gasteiger partial charge in [0.05, 0.1) is 18.1 Å². The predicted octanol–water partition coefficient (Wildman–Crippen LogP) is 5.49. The third kappa shape index (κ3) is 6.89. The quantitative estimate of drug-likeness (QED) is 0.287. The average molecular weight is 561 g/mol. The summed E-state index contributed by atoms with van der Waals surface area (Å²) in [7, 11) is 0. The number of nitrogens with zero attached hydrogens (tertiary/aromatic N) is 1. The maximum Gasteiger partial charge on any atom is 0.294 e. The number of nitrogens with one attached hydrogen (secondary N) is 1. The van der Waals surface area contributed by atoms with Crippen molar-refractivity contribution in [1.29, 1.82) is 0 Å². The van der Waals surface area contributed by atoms with Gasteiger partial charge in [-0.1, -0.05) is 28.6 Å². The van der Waals surface area contributed by atoms with E-state index in [9.17, 15) is 14.4 Å². The minimum Gasteiger partial charge on any atom is -0.494 e. The Hall–Kier alpha value is -3.24. The van der Waals surface area contributed by atoms with E-state index < -0.39 is 23.6 Å². The number of benzene rings is 2. The van der Waals surface area contributed by atoms with E-state index in [0.717, 1.165) is 16.7 Å². The van der Waals surface area contributed by atoms with Gasteiger partial charge in [0.1, 0.15) is 18.9 Å². The van der Waals surface area contributed by atoms with Gasteiger partial charge < -0.3 is 19.5 Å². The van der Waals surface area contributed by atoms with E-state index in [4.69, 9.17) is 14.2 Å². The summed E-state index contributed by atoms with van der Waals surface area (Å²) < 4.78 is 17.3. The Morgan fingerprint density at radius 2 is 1.77 bits per heavy atom. The molecule has 1 aliphatic heterocycles. The Kier molecular flexibility index (Phi) is 9.39. The van der Waals surface area contributed by atoms with Gasteiger partial charge in [-0.15, -0.1) is 0 Å². The Morgan fingerprint density at radius 1 is 1.09 bits per heavy atom. The Morgan fingerprint density at radius 3 is 2.43 bits per heavy atom. The van der Waals surface area contributed by atoms with Gasteiger partial charge in [-0.25, -0.2) is 0 Å². The molecule has 1 N–H and O–H groups in total. The van der Waals surface area contributed by atoms with Crippen LogP contribution in [0.4, 0.5) is 10.5 Å². The minimum atomic E-state index is -0.543. The first-order chi connectivity index (χ1) is 16.9. The molecule has 8 nitrogen and oxygen atoms in total. The number of thioether (sulfide) groups is 1. The van der Waals surface area contributed by atoms with E-state index in [2.05, 4.69) is 27.8 Å². The summed E-state index contributed by atoms with van der Waals surface area (Å²) in [5.41, 5.74) is 1.16. The molecule has 3 amide bonds. The molecule has 0 bridgehead atoms. The smallest absolute Gasteiger partial charge is 0.294 e. The molecule has 0 aliphatic carbocycles. The van der Waals surface area contributed by atoms with E-state index in [0.29, 0.717) is 52.8 Å². The monoisotopic (exact) mass is 560 g/mol. The lowest BCUT2D eigenvalue weighted by Crippen LogP contribution is -2.36. The second-order valence-electron chi connectivity index (χ2n) is 7.13. The molecule has 35 heavy (non-hydrogen) atoms. The maximum absolute atomic E-state index is 12.9. The number of ether oxygens (including phenoxy) is 3. The van der Waals surface area contributed by atoms with Crippen molar-refractivity contribution in [3.05, 3.63) is 64.0 Å². The van der Waals surface area contributed by atoms with E-state index in [1.807, 2.05) is 13.8 Å². The van der Waals surface area contributed by atoms with Gasteiger partial charge in [0, 0.05) is 10.2 Å². The number of rotatable bonds is 11. The molecule has 1 heterocycles. The van der Waals surface area contributed by atoms with Gasteiger partial charge in [0.2, 0.25) is 5.91 Å². The van der Waals surface area contributed by atoms with Crippen molar-refractivity contribution in [3.63, 3.8) is 0 Å². The van der Waals surface area contributed by atoms with Gasteiger partial charge in [-0.3, -0.25) is 19.3 Å². The van der Waals surface area contributed by atoms with Gasteiger partial charge in [0.25, 0.3) is 11.1 Å². The van der Waals surface area contributed by atoms with Crippen molar-refractivity contribution in [1.82, 2.24) is 4.90 Å². The van der Waals surface area contributed by atoms with E-state index in [-0.39, 0.29) is 4.91 Å². The lowest BCUT2D eigenvalue weighted by Gasteiger charge is -2.13. The standard InChI is InChI=1S/C25H25BrN2O6S/c1-4-11-34-21-14-19(26)16(12-20(21)33-6-3)13-22-24(30)28(25(31)35-22)15-23(29)27-17-7-9-18(10-8-17)32-5-2/h4,7-10,12-14H,1,5-6,11,15H2,2-3H3,(H,27,29)/b22-13+. The second kappa shape index (κ2) is 12.5. The summed E-state index contributed by atoms with van der Waals surface area (Å²) in [6, 6.07) is 10.3. The lowest BCUT2D eigenvalue weighted by atomic mass is 10.1. The fourth-order valence-electron chi connectivity index (χ4n) is 3.11. The Labute approximate surface area is 216 Å². The summed E-state index contributed by atoms with van der Waals surface area (Å²) in [6.45, 7) is 8.24. The van der Waals surface area contributed by atoms with Crippen LogP contribution in [-0.4, -0.2) is 48.3 Å². The van der Waals surface area contributed by atoms with Crippen molar-refractivity contribution in [2.75, 3.05) is 31.7 Å². The highest BCUT2D eigenvalue weighted by Gasteiger charge is 2.36. The third-order valence-corrected chi connectivity index (χ3v) is 6.22. The van der Waals surface area contributed by atoms with Crippen LogP contribution < -0.4 is 19.5 Å². The van der Waals surface area contributed by atoms with Crippen LogP contribution in [0.15, 0.2) is 58.4 Å². The van der Waals surface area contributed by atoms with Crippen LogP contribution in [0.2, 0.25) is 0 Å². The highest BCUT2D eigenvalue weighted by atomic mass is 79.9. The average Bonchev–Trinajstić information content (AvgIpc) is 3.09. The molecule has 0 radical (unpaired) electrons. The largest absolute Gasteiger partial charge is 0.494 e. The van der Waals surface area contributed by atoms with E-state index in [1.165, 1.54) is 0 Å². The van der Waals surface area contributed by atoms with Crippen LogP contribution in [0, 0.1) is 0 Å². The predicted molar refractivity (Wildman–Crippen MR) is 140 cm³/mol. The number of carbonyl (C=O) groups excluding carboxylic acids is 3. The Bertz CT molecular complexity index is 1150. The molecule has 0 spiro atoms. The summed E-state index contributed by atoms with van der Waals surface area (Å²) in [4.78, 5) is 39.0. The zero-order valence-corrected chi connectivity index (χ0v) is 21.7. The normalized spacial score (nSPS) is 14.3. The number of anilines is 1. The molecule has 1 aliphatic rings. The number of carbonyl (C=O) groups is 3. The lowest BCUT2D eigenvalue weighted by molar-refractivity contribution is -0.127. The minimum absolute atomic E-state index is 0.201. The molecule has 0 atom stereocenters. The van der Waals surface area contributed by atoms with Crippen LogP contribution in [0.25, 0.3) is 6.08 Å². The number of imide groups is 1. The van der Waals surface area contributed by atoms with E-state index in [1.54, 1.807) is 48.6 Å². The first-order valence-corrected chi connectivity index (χ1v) is 12.4. The van der Waals surface area contributed by atoms with Gasteiger partial charge in [-0.05, 0) is 73.6 Å². The highest BCUT2D eigenvalue weighted by Crippen LogP contribution is 2.38. The fourth-order valence-corrected chi connectivity index (χ4v) is 4.38. The second-order valence-corrected chi connectivity index (χ2v) is 8.97. The molecule has 2 aromatic rings. The summed E-state index contributed by atoms with van der Waals surface area (Å²) >= 11 is 4.25. The molecule has 3 rings (SSSR count). The van der Waals surface area contributed by atoms with Crippen LogP contribution in [-0.2, 0) is 9.59 Å². The molecular formula is C25H25BrN2O6S. The molecule has 0 unspecified atom stereocenters. The molecule has 0 aromatic heterocycles. The molecule has 1 saturated heterocycles. The molecule has 1 fully saturated rings. The number of hydrogen-bond acceptors (Lipinski definition) is 7. The number of amides is 3. The fraction of sp³-hybridized carbons (Fsp3) is 0.240. The summed E-state index contributed by atoms with van der Waals surface area (Å²) in [5.74, 6) is 0.674. The zero-order chi connectivity index (χ0) is 25.4. The zero-order valence-electron chi connectivity index (χ0n) is 19.3. The van der Waals surface area contributed by atoms with Crippen LogP contribution in [0.5, 0.6) is 17.2 Å². The van der Waals surface area contributed by atoms with Gasteiger partial charge in [-0.2, -0.15) is 0 Å². The highest BCUT2D eigenvalue weighted by molar-refractivity contribution is 9.10. The van der Waals surface area contributed by atoms with Crippen LogP contribution in [0.1, 0.15) is 19.4 Å². The molecule has 0 saturated carbocycles. The third-order valence-electron chi connectivity index (χ3n) is 4.63. The van der Waals surface area contributed by atoms with Gasteiger partial charge >= 0.3 is 0 Å². The Balaban J connectivity index is 1.72. The first kappa shape index (κ1) is 26.4. The molecule has 184 valence electrons. The van der Waals surface area contributed by atoms with Crippen LogP contribution in [0.3, 0.4) is 0 Å². The van der Waals surface area contributed by atoms with Crippen LogP contribution >= 0.6 is 27.7 Å². The SMILES string of the molecule is C=CCOc1cc(Br)c(/C=C2/SC(=O)N(CC(=O)Nc3ccc(OCC)cc3)C2=O)cc1OCC. The van der Waals surface area contributed by atoms with Gasteiger partial charge in [0.15, 0.2) is 11.5 Å².